The zero-order chi connectivity index (χ0) is 14.7. The van der Waals surface area contributed by atoms with Gasteiger partial charge in [0, 0.05) is 36.7 Å². The van der Waals surface area contributed by atoms with E-state index in [1.54, 1.807) is 7.11 Å². The van der Waals surface area contributed by atoms with Crippen LogP contribution in [-0.4, -0.2) is 25.4 Å². The van der Waals surface area contributed by atoms with E-state index in [0.717, 1.165) is 42.1 Å². The average Bonchev–Trinajstić information content (AvgIpc) is 3.31. The summed E-state index contributed by atoms with van der Waals surface area (Å²) in [6.07, 6.45) is 7.50. The molecule has 2 aliphatic carbocycles. The Morgan fingerprint density at radius 1 is 1.19 bits per heavy atom. The summed E-state index contributed by atoms with van der Waals surface area (Å²) < 4.78 is 11.7. The summed E-state index contributed by atoms with van der Waals surface area (Å²) >= 11 is 6.36. The molecule has 2 fully saturated rings. The van der Waals surface area contributed by atoms with E-state index >= 15 is 0 Å². The van der Waals surface area contributed by atoms with Gasteiger partial charge < -0.3 is 14.8 Å². The second-order valence-electron chi connectivity index (χ2n) is 6.14. The van der Waals surface area contributed by atoms with Crippen LogP contribution in [0.1, 0.15) is 44.1 Å². The number of halogens is 1. The van der Waals surface area contributed by atoms with Gasteiger partial charge in [0.25, 0.3) is 0 Å². The quantitative estimate of drug-likeness (QED) is 0.863. The van der Waals surface area contributed by atoms with Crippen molar-refractivity contribution >= 4 is 11.6 Å². The van der Waals surface area contributed by atoms with Gasteiger partial charge in [0.05, 0.1) is 6.10 Å². The fourth-order valence-corrected chi connectivity index (χ4v) is 3.19. The molecule has 0 heterocycles. The predicted molar refractivity (Wildman–Crippen MR) is 85.0 cm³/mol. The Kier molecular flexibility index (Phi) is 5.04. The Bertz CT molecular complexity index is 476. The van der Waals surface area contributed by atoms with Gasteiger partial charge in [0.15, 0.2) is 0 Å². The Morgan fingerprint density at radius 3 is 2.76 bits per heavy atom. The first-order valence-corrected chi connectivity index (χ1v) is 8.34. The molecule has 3 rings (SSSR count). The molecule has 0 aromatic heterocycles. The SMILES string of the molecule is COC1CCCC(Oc2cccc(Cl)c2CNC2CC2)C1. The highest BCUT2D eigenvalue weighted by Crippen LogP contribution is 2.31. The minimum absolute atomic E-state index is 0.238. The fourth-order valence-electron chi connectivity index (χ4n) is 2.96. The lowest BCUT2D eigenvalue weighted by Gasteiger charge is -2.29. The van der Waals surface area contributed by atoms with E-state index in [1.165, 1.54) is 19.3 Å². The molecular weight excluding hydrogens is 286 g/mol. The van der Waals surface area contributed by atoms with Crippen LogP contribution in [-0.2, 0) is 11.3 Å². The molecule has 1 aromatic carbocycles. The van der Waals surface area contributed by atoms with Crippen molar-refractivity contribution in [3.05, 3.63) is 28.8 Å². The van der Waals surface area contributed by atoms with Gasteiger partial charge >= 0.3 is 0 Å². The zero-order valence-corrected chi connectivity index (χ0v) is 13.4. The van der Waals surface area contributed by atoms with Crippen LogP contribution in [0.5, 0.6) is 5.75 Å². The van der Waals surface area contributed by atoms with Gasteiger partial charge in [-0.3, -0.25) is 0 Å². The van der Waals surface area contributed by atoms with Crippen molar-refractivity contribution in [2.24, 2.45) is 0 Å². The van der Waals surface area contributed by atoms with Crippen molar-refractivity contribution < 1.29 is 9.47 Å². The van der Waals surface area contributed by atoms with E-state index < -0.39 is 0 Å². The number of benzene rings is 1. The smallest absolute Gasteiger partial charge is 0.125 e. The molecule has 2 unspecified atom stereocenters. The number of rotatable bonds is 6. The second-order valence-corrected chi connectivity index (χ2v) is 6.54. The molecule has 2 aliphatic rings. The van der Waals surface area contributed by atoms with Gasteiger partial charge in [0.2, 0.25) is 0 Å². The molecule has 0 radical (unpaired) electrons. The maximum atomic E-state index is 6.36. The van der Waals surface area contributed by atoms with E-state index in [4.69, 9.17) is 21.1 Å². The zero-order valence-electron chi connectivity index (χ0n) is 12.6. The second kappa shape index (κ2) is 6.99. The molecular formula is C17H24ClNO2. The van der Waals surface area contributed by atoms with Crippen molar-refractivity contribution in [3.8, 4) is 5.75 Å². The molecule has 0 bridgehead atoms. The van der Waals surface area contributed by atoms with Crippen LogP contribution < -0.4 is 10.1 Å². The van der Waals surface area contributed by atoms with Crippen molar-refractivity contribution in [2.45, 2.75) is 63.3 Å². The van der Waals surface area contributed by atoms with Gasteiger partial charge in [-0.2, -0.15) is 0 Å². The largest absolute Gasteiger partial charge is 0.490 e. The van der Waals surface area contributed by atoms with Crippen molar-refractivity contribution in [3.63, 3.8) is 0 Å². The summed E-state index contributed by atoms with van der Waals surface area (Å²) in [5, 5.41) is 4.31. The van der Waals surface area contributed by atoms with E-state index in [-0.39, 0.29) is 6.10 Å². The normalized spacial score (nSPS) is 25.8. The number of methoxy groups -OCH3 is 1. The standard InChI is InChI=1S/C17H24ClNO2/c1-20-13-4-2-5-14(10-13)21-17-7-3-6-16(18)15(17)11-19-12-8-9-12/h3,6-7,12-14,19H,2,4-5,8-11H2,1H3. The first-order valence-electron chi connectivity index (χ1n) is 7.96. The molecule has 3 nitrogen and oxygen atoms in total. The summed E-state index contributed by atoms with van der Waals surface area (Å²) in [7, 11) is 1.79. The fraction of sp³-hybridized carbons (Fsp3) is 0.647. The van der Waals surface area contributed by atoms with Crippen LogP contribution in [0.15, 0.2) is 18.2 Å². The minimum atomic E-state index is 0.238. The first kappa shape index (κ1) is 15.1. The predicted octanol–water partition coefficient (Wildman–Crippen LogP) is 3.93. The minimum Gasteiger partial charge on any atom is -0.490 e. The number of ether oxygens (including phenoxy) is 2. The highest BCUT2D eigenvalue weighted by Gasteiger charge is 2.25. The number of hydrogen-bond donors (Lipinski definition) is 1. The van der Waals surface area contributed by atoms with Crippen LogP contribution >= 0.6 is 11.6 Å². The molecule has 116 valence electrons. The molecule has 1 N–H and O–H groups in total. The van der Waals surface area contributed by atoms with E-state index in [2.05, 4.69) is 5.32 Å². The lowest BCUT2D eigenvalue weighted by atomic mass is 9.95. The molecule has 0 amide bonds. The Morgan fingerprint density at radius 2 is 2.00 bits per heavy atom. The molecule has 0 saturated heterocycles. The number of hydrogen-bond acceptors (Lipinski definition) is 3. The molecule has 21 heavy (non-hydrogen) atoms. The maximum absolute atomic E-state index is 6.36. The van der Waals surface area contributed by atoms with Gasteiger partial charge in [-0.25, -0.2) is 0 Å². The van der Waals surface area contributed by atoms with Crippen LogP contribution in [0, 0.1) is 0 Å². The van der Waals surface area contributed by atoms with E-state index in [0.29, 0.717) is 12.1 Å². The Labute approximate surface area is 132 Å². The van der Waals surface area contributed by atoms with Crippen molar-refractivity contribution in [2.75, 3.05) is 7.11 Å². The highest BCUT2D eigenvalue weighted by atomic mass is 35.5. The molecule has 1 aromatic rings. The lowest BCUT2D eigenvalue weighted by molar-refractivity contribution is 0.0206. The van der Waals surface area contributed by atoms with Gasteiger partial charge in [-0.1, -0.05) is 17.7 Å². The van der Waals surface area contributed by atoms with Gasteiger partial charge in [-0.05, 0) is 44.2 Å². The summed E-state index contributed by atoms with van der Waals surface area (Å²) in [6, 6.07) is 6.61. The van der Waals surface area contributed by atoms with Crippen molar-refractivity contribution in [1.82, 2.24) is 5.32 Å². The molecule has 4 heteroatoms. The Balaban J connectivity index is 1.66. The summed E-state index contributed by atoms with van der Waals surface area (Å²) in [6.45, 7) is 0.792. The summed E-state index contributed by atoms with van der Waals surface area (Å²) in [5.74, 6) is 0.928. The third-order valence-electron chi connectivity index (χ3n) is 4.43. The van der Waals surface area contributed by atoms with Crippen LogP contribution in [0.25, 0.3) is 0 Å². The van der Waals surface area contributed by atoms with E-state index in [9.17, 15) is 0 Å². The lowest BCUT2D eigenvalue weighted by Crippen LogP contribution is -2.30. The molecule has 2 atom stereocenters. The summed E-state index contributed by atoms with van der Waals surface area (Å²) in [4.78, 5) is 0. The van der Waals surface area contributed by atoms with Crippen molar-refractivity contribution in [1.29, 1.82) is 0 Å². The first-order chi connectivity index (χ1) is 10.3. The molecule has 0 aliphatic heterocycles. The highest BCUT2D eigenvalue weighted by molar-refractivity contribution is 6.31. The average molecular weight is 310 g/mol. The molecule has 0 spiro atoms. The molecule has 2 saturated carbocycles. The summed E-state index contributed by atoms with van der Waals surface area (Å²) in [5.41, 5.74) is 1.09. The van der Waals surface area contributed by atoms with Crippen LogP contribution in [0.3, 0.4) is 0 Å². The third-order valence-corrected chi connectivity index (χ3v) is 4.78. The topological polar surface area (TPSA) is 30.5 Å². The van der Waals surface area contributed by atoms with Crippen LogP contribution in [0.2, 0.25) is 5.02 Å². The van der Waals surface area contributed by atoms with Gasteiger partial charge in [-0.15, -0.1) is 0 Å². The Hall–Kier alpha value is -0.770. The monoisotopic (exact) mass is 309 g/mol. The van der Waals surface area contributed by atoms with Gasteiger partial charge in [0.1, 0.15) is 11.9 Å². The number of nitrogens with one attached hydrogen (secondary N) is 1. The third kappa shape index (κ3) is 4.12. The van der Waals surface area contributed by atoms with Crippen LogP contribution in [0.4, 0.5) is 0 Å². The van der Waals surface area contributed by atoms with E-state index in [1.807, 2.05) is 18.2 Å². The maximum Gasteiger partial charge on any atom is 0.125 e.